The third-order valence-corrected chi connectivity index (χ3v) is 2.62. The molecule has 0 amide bonds. The Balaban J connectivity index is 2.25. The summed E-state index contributed by atoms with van der Waals surface area (Å²) in [5.74, 6) is 0.206. The van der Waals surface area contributed by atoms with Gasteiger partial charge in [-0.2, -0.15) is 0 Å². The van der Waals surface area contributed by atoms with E-state index in [1.165, 1.54) is 0 Å². The molecule has 14 heavy (non-hydrogen) atoms. The molecule has 1 aliphatic heterocycles. The molecule has 0 unspecified atom stereocenters. The van der Waals surface area contributed by atoms with Crippen molar-refractivity contribution in [1.29, 1.82) is 0 Å². The number of ether oxygens (including phenoxy) is 1. The molecule has 1 aliphatic rings. The maximum absolute atomic E-state index is 11.1. The molecule has 0 atom stereocenters. The number of hydrogen-bond acceptors (Lipinski definition) is 3. The SMILES string of the molecule is CC(=O)CC1(c2cccnc2)COC1. The lowest BCUT2D eigenvalue weighted by Crippen LogP contribution is -2.48. The molecule has 1 saturated heterocycles. The molecule has 0 spiro atoms. The van der Waals surface area contributed by atoms with E-state index in [2.05, 4.69) is 4.98 Å². The number of aromatic nitrogens is 1. The van der Waals surface area contributed by atoms with E-state index in [4.69, 9.17) is 4.74 Å². The maximum atomic E-state index is 11.1. The highest BCUT2D eigenvalue weighted by Crippen LogP contribution is 2.35. The Labute approximate surface area is 83.1 Å². The highest BCUT2D eigenvalue weighted by molar-refractivity contribution is 5.77. The van der Waals surface area contributed by atoms with Crippen LogP contribution >= 0.6 is 0 Å². The summed E-state index contributed by atoms with van der Waals surface area (Å²) in [6, 6.07) is 3.91. The van der Waals surface area contributed by atoms with Crippen molar-refractivity contribution in [2.45, 2.75) is 18.8 Å². The first-order valence-corrected chi connectivity index (χ1v) is 4.71. The van der Waals surface area contributed by atoms with Crippen molar-refractivity contribution in [1.82, 2.24) is 4.98 Å². The fourth-order valence-electron chi connectivity index (χ4n) is 1.87. The zero-order chi connectivity index (χ0) is 10.0. The molecule has 1 aromatic rings. The van der Waals surface area contributed by atoms with Gasteiger partial charge in [-0.05, 0) is 18.6 Å². The summed E-state index contributed by atoms with van der Waals surface area (Å²) >= 11 is 0. The van der Waals surface area contributed by atoms with Crippen LogP contribution in [0.1, 0.15) is 18.9 Å². The standard InChI is InChI=1S/C11H13NO2/c1-9(13)5-11(7-14-8-11)10-3-2-4-12-6-10/h2-4,6H,5,7-8H2,1H3. The second kappa shape index (κ2) is 3.50. The first-order valence-electron chi connectivity index (χ1n) is 4.71. The van der Waals surface area contributed by atoms with Gasteiger partial charge in [0.05, 0.1) is 18.6 Å². The van der Waals surface area contributed by atoms with Gasteiger partial charge >= 0.3 is 0 Å². The molecular formula is C11H13NO2. The monoisotopic (exact) mass is 191 g/mol. The topological polar surface area (TPSA) is 39.2 Å². The van der Waals surface area contributed by atoms with E-state index < -0.39 is 0 Å². The number of pyridine rings is 1. The molecular weight excluding hydrogens is 178 g/mol. The average molecular weight is 191 g/mol. The fourth-order valence-corrected chi connectivity index (χ4v) is 1.87. The zero-order valence-electron chi connectivity index (χ0n) is 8.19. The number of hydrogen-bond donors (Lipinski definition) is 0. The van der Waals surface area contributed by atoms with Gasteiger partial charge in [-0.3, -0.25) is 9.78 Å². The summed E-state index contributed by atoms with van der Waals surface area (Å²) in [4.78, 5) is 15.2. The van der Waals surface area contributed by atoms with Crippen LogP contribution in [0.2, 0.25) is 0 Å². The molecule has 2 rings (SSSR count). The minimum absolute atomic E-state index is 0.0971. The van der Waals surface area contributed by atoms with Crippen molar-refractivity contribution in [3.63, 3.8) is 0 Å². The first-order chi connectivity index (χ1) is 6.73. The lowest BCUT2D eigenvalue weighted by molar-refractivity contribution is -0.125. The van der Waals surface area contributed by atoms with Crippen LogP contribution in [0.4, 0.5) is 0 Å². The molecule has 0 N–H and O–H groups in total. The third-order valence-electron chi connectivity index (χ3n) is 2.62. The molecule has 3 nitrogen and oxygen atoms in total. The predicted molar refractivity (Wildman–Crippen MR) is 52.0 cm³/mol. The van der Waals surface area contributed by atoms with Gasteiger partial charge in [0, 0.05) is 18.8 Å². The maximum Gasteiger partial charge on any atom is 0.130 e. The highest BCUT2D eigenvalue weighted by atomic mass is 16.5. The minimum atomic E-state index is -0.0971. The van der Waals surface area contributed by atoms with Crippen LogP contribution in [0.25, 0.3) is 0 Å². The van der Waals surface area contributed by atoms with Crippen LogP contribution in [0.3, 0.4) is 0 Å². The summed E-state index contributed by atoms with van der Waals surface area (Å²) in [7, 11) is 0. The van der Waals surface area contributed by atoms with Gasteiger partial charge in [0.2, 0.25) is 0 Å². The Hall–Kier alpha value is -1.22. The molecule has 1 fully saturated rings. The Bertz CT molecular complexity index is 330. The van der Waals surface area contributed by atoms with E-state index in [9.17, 15) is 4.79 Å². The Morgan fingerprint density at radius 2 is 2.43 bits per heavy atom. The van der Waals surface area contributed by atoms with E-state index in [1.807, 2.05) is 18.3 Å². The molecule has 0 saturated carbocycles. The van der Waals surface area contributed by atoms with Crippen LogP contribution in [-0.2, 0) is 14.9 Å². The quantitative estimate of drug-likeness (QED) is 0.723. The van der Waals surface area contributed by atoms with Crippen molar-refractivity contribution in [3.05, 3.63) is 30.1 Å². The van der Waals surface area contributed by atoms with E-state index in [-0.39, 0.29) is 11.2 Å². The number of Topliss-reactive ketones (excluding diaryl/α,β-unsaturated/α-hetero) is 1. The highest BCUT2D eigenvalue weighted by Gasteiger charge is 2.41. The van der Waals surface area contributed by atoms with Crippen LogP contribution in [-0.4, -0.2) is 24.0 Å². The van der Waals surface area contributed by atoms with Gasteiger partial charge in [0.1, 0.15) is 5.78 Å². The van der Waals surface area contributed by atoms with Gasteiger partial charge in [0.25, 0.3) is 0 Å². The van der Waals surface area contributed by atoms with Crippen LogP contribution < -0.4 is 0 Å². The lowest BCUT2D eigenvalue weighted by atomic mass is 9.75. The van der Waals surface area contributed by atoms with Gasteiger partial charge < -0.3 is 4.74 Å². The smallest absolute Gasteiger partial charge is 0.130 e. The van der Waals surface area contributed by atoms with Gasteiger partial charge in [0.15, 0.2) is 0 Å². The Morgan fingerprint density at radius 1 is 1.64 bits per heavy atom. The van der Waals surface area contributed by atoms with E-state index in [0.29, 0.717) is 19.6 Å². The second-order valence-corrected chi connectivity index (χ2v) is 3.89. The van der Waals surface area contributed by atoms with Gasteiger partial charge in [-0.25, -0.2) is 0 Å². The van der Waals surface area contributed by atoms with E-state index in [0.717, 1.165) is 5.56 Å². The van der Waals surface area contributed by atoms with Crippen LogP contribution in [0.15, 0.2) is 24.5 Å². The summed E-state index contributed by atoms with van der Waals surface area (Å²) in [6.45, 7) is 2.90. The molecule has 0 aromatic carbocycles. The molecule has 0 bridgehead atoms. The Kier molecular flexibility index (Phi) is 2.33. The number of carbonyl (C=O) groups is 1. The average Bonchev–Trinajstić information content (AvgIpc) is 2.12. The predicted octanol–water partition coefficient (Wildman–Crippen LogP) is 1.33. The van der Waals surface area contributed by atoms with Crippen molar-refractivity contribution in [2.24, 2.45) is 0 Å². The largest absolute Gasteiger partial charge is 0.379 e. The normalized spacial score (nSPS) is 18.6. The van der Waals surface area contributed by atoms with Crippen LogP contribution in [0.5, 0.6) is 0 Å². The molecule has 2 heterocycles. The first kappa shape index (κ1) is 9.34. The van der Waals surface area contributed by atoms with Gasteiger partial charge in [-0.1, -0.05) is 6.07 Å². The van der Waals surface area contributed by atoms with Crippen LogP contribution in [0, 0.1) is 0 Å². The minimum Gasteiger partial charge on any atom is -0.379 e. The third kappa shape index (κ3) is 1.55. The van der Waals surface area contributed by atoms with E-state index >= 15 is 0 Å². The molecule has 74 valence electrons. The zero-order valence-corrected chi connectivity index (χ0v) is 8.19. The summed E-state index contributed by atoms with van der Waals surface area (Å²) in [5, 5.41) is 0. The van der Waals surface area contributed by atoms with Crippen molar-refractivity contribution >= 4 is 5.78 Å². The second-order valence-electron chi connectivity index (χ2n) is 3.89. The summed E-state index contributed by atoms with van der Waals surface area (Å²) in [6.07, 6.45) is 4.12. The molecule has 1 aromatic heterocycles. The fraction of sp³-hybridized carbons (Fsp3) is 0.455. The van der Waals surface area contributed by atoms with Crippen molar-refractivity contribution < 1.29 is 9.53 Å². The molecule has 0 aliphatic carbocycles. The van der Waals surface area contributed by atoms with Crippen molar-refractivity contribution in [3.8, 4) is 0 Å². The Morgan fingerprint density at radius 3 is 2.86 bits per heavy atom. The van der Waals surface area contributed by atoms with Gasteiger partial charge in [-0.15, -0.1) is 0 Å². The molecule has 0 radical (unpaired) electrons. The summed E-state index contributed by atoms with van der Waals surface area (Å²) in [5.41, 5.74) is 1.02. The van der Waals surface area contributed by atoms with E-state index in [1.54, 1.807) is 13.1 Å². The number of ketones is 1. The summed E-state index contributed by atoms with van der Waals surface area (Å²) < 4.78 is 5.21. The van der Waals surface area contributed by atoms with Crippen molar-refractivity contribution in [2.75, 3.05) is 13.2 Å². The number of nitrogens with zero attached hydrogens (tertiary/aromatic N) is 1. The molecule has 3 heteroatoms. The lowest BCUT2D eigenvalue weighted by Gasteiger charge is -2.41. The number of carbonyl (C=O) groups excluding carboxylic acids is 1. The number of rotatable bonds is 3.